The largest absolute Gasteiger partial charge is 0.466 e. The Morgan fingerprint density at radius 2 is 1.50 bits per heavy atom. The zero-order valence-electron chi connectivity index (χ0n) is 8.18. The molecule has 0 aromatic heterocycles. The highest BCUT2D eigenvalue weighted by molar-refractivity contribution is 7.85. The second-order valence-electron chi connectivity index (χ2n) is 2.75. The third kappa shape index (κ3) is 7.52. The first-order valence-corrected chi connectivity index (χ1v) is 6.84. The Morgan fingerprint density at radius 3 is 1.75 bits per heavy atom. The molecule has 1 rings (SSSR count). The lowest BCUT2D eigenvalue weighted by Gasteiger charge is -1.99. The number of benzene rings is 1. The van der Waals surface area contributed by atoms with Gasteiger partial charge < -0.3 is 14.7 Å². The van der Waals surface area contributed by atoms with Gasteiger partial charge in [0.2, 0.25) is 0 Å². The highest BCUT2D eigenvalue weighted by Gasteiger charge is 2.10. The molecule has 0 saturated heterocycles. The lowest BCUT2D eigenvalue weighted by atomic mass is 10.2. The van der Waals surface area contributed by atoms with Gasteiger partial charge in [-0.3, -0.25) is 4.55 Å². The Morgan fingerprint density at radius 1 is 1.12 bits per heavy atom. The van der Waals surface area contributed by atoms with E-state index in [0.717, 1.165) is 0 Å². The van der Waals surface area contributed by atoms with Gasteiger partial charge in [0.05, 0.1) is 4.90 Å². The van der Waals surface area contributed by atoms with Crippen LogP contribution in [-0.2, 0) is 14.7 Å². The molecule has 0 aliphatic heterocycles. The second kappa shape index (κ2) is 5.53. The molecular weight excluding hydrogens is 259 g/mol. The monoisotopic (exact) mass is 270 g/mol. The van der Waals surface area contributed by atoms with Crippen molar-refractivity contribution in [1.29, 1.82) is 0 Å². The Balaban J connectivity index is 0.000000385. The minimum absolute atomic E-state index is 0.0278. The second-order valence-corrected chi connectivity index (χ2v) is 5.17. The highest BCUT2D eigenvalue weighted by atomic mass is 32.2. The average molecular weight is 270 g/mol. The summed E-state index contributed by atoms with van der Waals surface area (Å²) in [5.74, 6) is 0. The van der Waals surface area contributed by atoms with E-state index in [1.54, 1.807) is 25.1 Å². The first kappa shape index (κ1) is 15.2. The summed E-state index contributed by atoms with van der Waals surface area (Å²) >= 11 is 0. The van der Waals surface area contributed by atoms with Crippen molar-refractivity contribution in [2.75, 3.05) is 0 Å². The van der Waals surface area contributed by atoms with Crippen LogP contribution in [0, 0.1) is 6.92 Å². The van der Waals surface area contributed by atoms with Crippen LogP contribution in [0.3, 0.4) is 0 Å². The summed E-state index contributed by atoms with van der Waals surface area (Å²) in [5, 5.41) is 0. The van der Waals surface area contributed by atoms with Crippen LogP contribution in [-0.4, -0.2) is 27.7 Å². The number of aryl methyl sites for hydroxylation is 1. The Kier molecular flexibility index (Phi) is 5.27. The molecule has 0 bridgehead atoms. The van der Waals surface area contributed by atoms with Crippen LogP contribution in [0.25, 0.3) is 0 Å². The number of rotatable bonds is 1. The van der Waals surface area contributed by atoms with Crippen molar-refractivity contribution in [2.45, 2.75) is 11.8 Å². The molecule has 1 aromatic carbocycles. The molecule has 92 valence electrons. The van der Waals surface area contributed by atoms with E-state index in [-0.39, 0.29) is 4.90 Å². The smallest absolute Gasteiger partial charge is 0.303 e. The predicted molar refractivity (Wildman–Crippen MR) is 55.3 cm³/mol. The minimum Gasteiger partial charge on any atom is -0.303 e. The molecule has 9 heteroatoms. The summed E-state index contributed by atoms with van der Waals surface area (Å²) in [5.41, 5.74) is 0.551. The summed E-state index contributed by atoms with van der Waals surface area (Å²) in [6.07, 6.45) is 0. The molecule has 0 radical (unpaired) electrons. The molecule has 4 N–H and O–H groups in total. The third-order valence-corrected chi connectivity index (χ3v) is 2.39. The van der Waals surface area contributed by atoms with Gasteiger partial charge in [0.15, 0.2) is 0 Å². The Bertz CT molecular complexity index is 481. The molecule has 0 heterocycles. The van der Waals surface area contributed by atoms with Gasteiger partial charge in [-0.15, -0.1) is 0 Å². The van der Waals surface area contributed by atoms with Gasteiger partial charge in [0.25, 0.3) is 10.1 Å². The van der Waals surface area contributed by atoms with E-state index < -0.39 is 17.9 Å². The van der Waals surface area contributed by atoms with Crippen LogP contribution >= 0.6 is 7.82 Å². The molecule has 0 saturated carbocycles. The zero-order chi connectivity index (χ0) is 13.0. The number of hydrogen-bond donors (Lipinski definition) is 4. The lowest BCUT2D eigenvalue weighted by molar-refractivity contribution is 0.275. The van der Waals surface area contributed by atoms with Crippen LogP contribution in [0.2, 0.25) is 0 Å². The summed E-state index contributed by atoms with van der Waals surface area (Å²) in [7, 11) is -8.67. The standard InChI is InChI=1S/C7H8O3S.H3O4P/c1-6-4-2-3-5-7(6)11(8,9)10;1-5(2,3)4/h2-5H,1H3,(H,8,9,10);(H3,1,2,3,4). The number of hydrogen-bond acceptors (Lipinski definition) is 3. The van der Waals surface area contributed by atoms with E-state index in [1.165, 1.54) is 6.07 Å². The van der Waals surface area contributed by atoms with Crippen molar-refractivity contribution >= 4 is 17.9 Å². The van der Waals surface area contributed by atoms with Crippen LogP contribution in [0.15, 0.2) is 29.2 Å². The van der Waals surface area contributed by atoms with Crippen molar-refractivity contribution in [2.24, 2.45) is 0 Å². The SMILES string of the molecule is Cc1ccccc1S(=O)(=O)O.O=P(O)(O)O. The minimum atomic E-state index is -4.64. The Hall–Kier alpha value is -0.760. The van der Waals surface area contributed by atoms with Crippen LogP contribution in [0.5, 0.6) is 0 Å². The van der Waals surface area contributed by atoms with Gasteiger partial charge in [0, 0.05) is 0 Å². The first-order valence-electron chi connectivity index (χ1n) is 3.83. The van der Waals surface area contributed by atoms with Crippen molar-refractivity contribution in [3.05, 3.63) is 29.8 Å². The summed E-state index contributed by atoms with van der Waals surface area (Å²) in [6.45, 7) is 1.63. The molecular formula is C7H11O7PS. The Labute approximate surface area is 92.4 Å². The van der Waals surface area contributed by atoms with Crippen molar-refractivity contribution < 1.29 is 32.2 Å². The van der Waals surface area contributed by atoms with Crippen molar-refractivity contribution in [3.63, 3.8) is 0 Å². The van der Waals surface area contributed by atoms with Gasteiger partial charge in [-0.05, 0) is 18.6 Å². The van der Waals surface area contributed by atoms with E-state index in [2.05, 4.69) is 0 Å². The van der Waals surface area contributed by atoms with E-state index in [9.17, 15) is 8.42 Å². The van der Waals surface area contributed by atoms with E-state index in [4.69, 9.17) is 23.8 Å². The van der Waals surface area contributed by atoms with E-state index >= 15 is 0 Å². The molecule has 0 unspecified atom stereocenters. The molecule has 0 spiro atoms. The third-order valence-electron chi connectivity index (χ3n) is 1.37. The predicted octanol–water partition coefficient (Wildman–Crippen LogP) is 0.313. The fraction of sp³-hybridized carbons (Fsp3) is 0.143. The van der Waals surface area contributed by atoms with Crippen LogP contribution in [0.1, 0.15) is 5.56 Å². The van der Waals surface area contributed by atoms with Gasteiger partial charge >= 0.3 is 7.82 Å². The maximum atomic E-state index is 10.6. The molecule has 7 nitrogen and oxygen atoms in total. The van der Waals surface area contributed by atoms with Crippen LogP contribution in [0.4, 0.5) is 0 Å². The van der Waals surface area contributed by atoms with Crippen molar-refractivity contribution in [1.82, 2.24) is 0 Å². The van der Waals surface area contributed by atoms with Crippen LogP contribution < -0.4 is 0 Å². The van der Waals surface area contributed by atoms with E-state index in [1.807, 2.05) is 0 Å². The quantitative estimate of drug-likeness (QED) is 0.426. The summed E-state index contributed by atoms with van der Waals surface area (Å²) in [4.78, 5) is 21.5. The van der Waals surface area contributed by atoms with Crippen molar-refractivity contribution in [3.8, 4) is 0 Å². The topological polar surface area (TPSA) is 132 Å². The molecule has 0 aliphatic carbocycles. The highest BCUT2D eigenvalue weighted by Crippen LogP contribution is 2.25. The maximum Gasteiger partial charge on any atom is 0.466 e. The molecule has 0 aliphatic rings. The summed E-state index contributed by atoms with van der Waals surface area (Å²) in [6, 6.07) is 6.27. The molecule has 16 heavy (non-hydrogen) atoms. The lowest BCUT2D eigenvalue weighted by Crippen LogP contribution is -1.99. The normalized spacial score (nSPS) is 11.6. The van der Waals surface area contributed by atoms with Gasteiger partial charge in [0.1, 0.15) is 0 Å². The fourth-order valence-corrected chi connectivity index (χ4v) is 1.57. The zero-order valence-corrected chi connectivity index (χ0v) is 9.89. The number of phosphoric acid groups is 1. The first-order chi connectivity index (χ1) is 7.02. The molecule has 0 amide bonds. The van der Waals surface area contributed by atoms with Gasteiger partial charge in [-0.25, -0.2) is 4.57 Å². The molecule has 1 aromatic rings. The summed E-state index contributed by atoms with van der Waals surface area (Å²) < 4.78 is 38.7. The van der Waals surface area contributed by atoms with Gasteiger partial charge in [-0.2, -0.15) is 8.42 Å². The average Bonchev–Trinajstić information content (AvgIpc) is 1.99. The maximum absolute atomic E-state index is 10.6. The molecule has 0 fully saturated rings. The fourth-order valence-electron chi connectivity index (χ4n) is 0.846. The molecule has 0 atom stereocenters. The van der Waals surface area contributed by atoms with Gasteiger partial charge in [-0.1, -0.05) is 18.2 Å². The van der Waals surface area contributed by atoms with E-state index in [0.29, 0.717) is 5.56 Å².